The van der Waals surface area contributed by atoms with Gasteiger partial charge in [-0.05, 0) is 20.8 Å². The van der Waals surface area contributed by atoms with Gasteiger partial charge in [-0.15, -0.1) is 0 Å². The average Bonchev–Trinajstić information content (AvgIpc) is 2.70. The van der Waals surface area contributed by atoms with Gasteiger partial charge in [-0.2, -0.15) is 57.1 Å². The van der Waals surface area contributed by atoms with E-state index in [0.717, 1.165) is 0 Å². The maximum atomic E-state index is 13.8. The molecule has 0 heterocycles. The van der Waals surface area contributed by atoms with E-state index in [1.54, 1.807) is 0 Å². The molecule has 0 saturated carbocycles. The molecule has 0 spiro atoms. The van der Waals surface area contributed by atoms with E-state index in [2.05, 4.69) is 0 Å². The van der Waals surface area contributed by atoms with E-state index in [4.69, 9.17) is 13.3 Å². The standard InChI is InChI=1S/C17H23F13O4Si/c1-4-32-35(33-5-2,34-6-3)10-8-11(31)7-9-12(18,19)13(20,21)14(22,23)15(24,25)16(26,27)17(28,29)30/h4-10H2,1-3H3. The Morgan fingerprint density at radius 2 is 0.971 bits per heavy atom. The zero-order valence-electron chi connectivity index (χ0n) is 18.5. The third-order valence-electron chi connectivity index (χ3n) is 4.52. The number of alkyl halides is 13. The van der Waals surface area contributed by atoms with Gasteiger partial charge in [0.15, 0.2) is 0 Å². The van der Waals surface area contributed by atoms with E-state index in [1.807, 2.05) is 0 Å². The van der Waals surface area contributed by atoms with Crippen molar-refractivity contribution in [2.75, 3.05) is 19.8 Å². The number of carbonyl (C=O) groups is 1. The Kier molecular flexibility index (Phi) is 11.1. The maximum Gasteiger partial charge on any atom is 0.501 e. The van der Waals surface area contributed by atoms with Gasteiger partial charge in [0.25, 0.3) is 0 Å². The van der Waals surface area contributed by atoms with Crippen LogP contribution >= 0.6 is 0 Å². The first-order chi connectivity index (χ1) is 15.5. The van der Waals surface area contributed by atoms with Gasteiger partial charge in [0.05, 0.1) is 0 Å². The third kappa shape index (κ3) is 6.79. The lowest BCUT2D eigenvalue weighted by Gasteiger charge is -2.39. The Hall–Kier alpha value is -1.14. The van der Waals surface area contributed by atoms with Crippen LogP contribution in [0.1, 0.15) is 40.0 Å². The molecule has 0 atom stereocenters. The van der Waals surface area contributed by atoms with Gasteiger partial charge >= 0.3 is 44.6 Å². The molecule has 0 rings (SSSR count). The van der Waals surface area contributed by atoms with Crippen molar-refractivity contribution in [2.45, 2.75) is 81.9 Å². The summed E-state index contributed by atoms with van der Waals surface area (Å²) in [6.07, 6.45) is -12.4. The molecule has 0 saturated heterocycles. The highest BCUT2D eigenvalue weighted by Crippen LogP contribution is 2.60. The summed E-state index contributed by atoms with van der Waals surface area (Å²) in [4.78, 5) is 11.9. The summed E-state index contributed by atoms with van der Waals surface area (Å²) in [5.41, 5.74) is 0. The van der Waals surface area contributed by atoms with Crippen molar-refractivity contribution in [3.05, 3.63) is 0 Å². The van der Waals surface area contributed by atoms with E-state index in [-0.39, 0.29) is 25.9 Å². The minimum Gasteiger partial charge on any atom is -0.374 e. The zero-order valence-corrected chi connectivity index (χ0v) is 19.5. The fourth-order valence-corrected chi connectivity index (χ4v) is 5.26. The van der Waals surface area contributed by atoms with Gasteiger partial charge in [0.1, 0.15) is 5.78 Å². The van der Waals surface area contributed by atoms with Crippen LogP contribution in [0, 0.1) is 0 Å². The third-order valence-corrected chi connectivity index (χ3v) is 7.57. The highest BCUT2D eigenvalue weighted by atomic mass is 28.4. The van der Waals surface area contributed by atoms with Crippen molar-refractivity contribution >= 4 is 14.6 Å². The van der Waals surface area contributed by atoms with Crippen molar-refractivity contribution in [3.63, 3.8) is 0 Å². The molecule has 0 aliphatic carbocycles. The number of ketones is 1. The van der Waals surface area contributed by atoms with Crippen LogP contribution in [0.15, 0.2) is 0 Å². The summed E-state index contributed by atoms with van der Waals surface area (Å²) >= 11 is 0. The summed E-state index contributed by atoms with van der Waals surface area (Å²) in [7, 11) is -3.53. The summed E-state index contributed by atoms with van der Waals surface area (Å²) in [6, 6.07) is -0.366. The summed E-state index contributed by atoms with van der Waals surface area (Å²) in [6.45, 7) is 4.62. The molecule has 0 aliphatic heterocycles. The van der Waals surface area contributed by atoms with Crippen molar-refractivity contribution in [1.82, 2.24) is 0 Å². The molecule has 0 bridgehead atoms. The molecule has 0 radical (unpaired) electrons. The van der Waals surface area contributed by atoms with Crippen molar-refractivity contribution in [3.8, 4) is 0 Å². The second-order valence-corrected chi connectivity index (χ2v) is 9.75. The van der Waals surface area contributed by atoms with Gasteiger partial charge in [0.2, 0.25) is 0 Å². The fourth-order valence-electron chi connectivity index (χ4n) is 2.67. The molecule has 0 amide bonds. The Bertz CT molecular complexity index is 681. The monoisotopic (exact) mass is 566 g/mol. The van der Waals surface area contributed by atoms with E-state index in [0.29, 0.717) is 0 Å². The maximum absolute atomic E-state index is 13.8. The van der Waals surface area contributed by atoms with E-state index in [9.17, 15) is 61.9 Å². The van der Waals surface area contributed by atoms with Gasteiger partial charge < -0.3 is 13.3 Å². The predicted octanol–water partition coefficient (Wildman–Crippen LogP) is 6.51. The smallest absolute Gasteiger partial charge is 0.374 e. The molecule has 0 aromatic heterocycles. The Balaban J connectivity index is 5.64. The lowest BCUT2D eigenvalue weighted by Crippen LogP contribution is -2.70. The number of Topliss-reactive ketones (excluding diaryl/α,β-unsaturated/α-hetero) is 1. The topological polar surface area (TPSA) is 44.8 Å². The van der Waals surface area contributed by atoms with E-state index >= 15 is 0 Å². The van der Waals surface area contributed by atoms with Gasteiger partial charge in [0, 0.05) is 45.1 Å². The molecule has 0 fully saturated rings. The van der Waals surface area contributed by atoms with Crippen molar-refractivity contribution in [1.29, 1.82) is 0 Å². The molecule has 0 aromatic carbocycles. The molecular formula is C17H23F13O4Si. The number of carbonyl (C=O) groups excluding carboxylic acids is 1. The number of hydrogen-bond donors (Lipinski definition) is 0. The first-order valence-corrected chi connectivity index (χ1v) is 11.9. The zero-order chi connectivity index (χ0) is 28.1. The summed E-state index contributed by atoms with van der Waals surface area (Å²) in [5, 5.41) is 0. The van der Waals surface area contributed by atoms with E-state index < -0.39 is 69.6 Å². The number of rotatable bonds is 16. The van der Waals surface area contributed by atoms with E-state index in [1.165, 1.54) is 20.8 Å². The number of hydrogen-bond acceptors (Lipinski definition) is 4. The first kappa shape index (κ1) is 33.9. The first-order valence-electron chi connectivity index (χ1n) is 9.92. The Morgan fingerprint density at radius 3 is 1.31 bits per heavy atom. The molecule has 0 unspecified atom stereocenters. The quantitative estimate of drug-likeness (QED) is 0.158. The average molecular weight is 566 g/mol. The van der Waals surface area contributed by atoms with Gasteiger partial charge in [-0.25, -0.2) is 0 Å². The largest absolute Gasteiger partial charge is 0.501 e. The highest BCUT2D eigenvalue weighted by molar-refractivity contribution is 6.61. The number of halogens is 13. The van der Waals surface area contributed by atoms with Crippen LogP contribution in [0.25, 0.3) is 0 Å². The summed E-state index contributed by atoms with van der Waals surface area (Å²) in [5.74, 6) is -38.6. The van der Waals surface area contributed by atoms with Crippen LogP contribution in [0.4, 0.5) is 57.1 Å². The summed E-state index contributed by atoms with van der Waals surface area (Å²) < 4.78 is 186. The van der Waals surface area contributed by atoms with Crippen LogP contribution in [0.3, 0.4) is 0 Å². The Morgan fingerprint density at radius 1 is 0.600 bits per heavy atom. The van der Waals surface area contributed by atoms with Crippen LogP contribution in [0.2, 0.25) is 6.04 Å². The second-order valence-electron chi connectivity index (χ2n) is 7.02. The van der Waals surface area contributed by atoms with Crippen LogP contribution < -0.4 is 0 Å². The lowest BCUT2D eigenvalue weighted by atomic mass is 9.91. The predicted molar refractivity (Wildman–Crippen MR) is 95.1 cm³/mol. The van der Waals surface area contributed by atoms with Crippen LogP contribution in [-0.4, -0.2) is 70.2 Å². The normalized spacial score (nSPS) is 15.0. The molecule has 18 heteroatoms. The molecule has 0 N–H and O–H groups in total. The van der Waals surface area contributed by atoms with Crippen LogP contribution in [-0.2, 0) is 18.1 Å². The van der Waals surface area contributed by atoms with Crippen molar-refractivity contribution < 1.29 is 75.1 Å². The van der Waals surface area contributed by atoms with Gasteiger partial charge in [-0.3, -0.25) is 4.79 Å². The van der Waals surface area contributed by atoms with Crippen LogP contribution in [0.5, 0.6) is 0 Å². The minimum absolute atomic E-state index is 0.0244. The Labute approximate surface area is 192 Å². The molecule has 0 aromatic rings. The fraction of sp³-hybridized carbons (Fsp3) is 0.941. The van der Waals surface area contributed by atoms with Gasteiger partial charge in [-0.1, -0.05) is 0 Å². The minimum atomic E-state index is -7.97. The molecule has 4 nitrogen and oxygen atoms in total. The second kappa shape index (κ2) is 11.5. The molecular weight excluding hydrogens is 543 g/mol. The molecule has 35 heavy (non-hydrogen) atoms. The highest BCUT2D eigenvalue weighted by Gasteiger charge is 2.90. The SMILES string of the molecule is CCO[Si](CCC(=O)CCC(F)(F)C(F)(F)C(F)(F)C(F)(F)C(F)(F)C(F)(F)F)(OCC)OCC. The lowest BCUT2D eigenvalue weighted by molar-refractivity contribution is -0.440. The molecule has 0 aliphatic rings. The molecule has 210 valence electrons. The van der Waals surface area contributed by atoms with Crippen molar-refractivity contribution in [2.24, 2.45) is 0 Å².